The summed E-state index contributed by atoms with van der Waals surface area (Å²) in [5, 5.41) is 12.1. The summed E-state index contributed by atoms with van der Waals surface area (Å²) in [7, 11) is 2.08. The molecule has 1 fully saturated rings. The number of hydrogen-bond acceptors (Lipinski definition) is 3. The summed E-state index contributed by atoms with van der Waals surface area (Å²) >= 11 is 0. The highest BCUT2D eigenvalue weighted by molar-refractivity contribution is 5.94. The van der Waals surface area contributed by atoms with E-state index in [1.807, 2.05) is 0 Å². The van der Waals surface area contributed by atoms with Gasteiger partial charge in [-0.3, -0.25) is 0 Å². The highest BCUT2D eigenvalue weighted by Gasteiger charge is 2.19. The zero-order chi connectivity index (χ0) is 13.8. The van der Waals surface area contributed by atoms with Crippen LogP contribution in [0.2, 0.25) is 0 Å². The predicted octanol–water partition coefficient (Wildman–Crippen LogP) is 2.28. The van der Waals surface area contributed by atoms with Crippen LogP contribution in [0.25, 0.3) is 0 Å². The van der Waals surface area contributed by atoms with Crippen LogP contribution in [0, 0.1) is 11.7 Å². The molecule has 1 aliphatic heterocycles. The van der Waals surface area contributed by atoms with Crippen LogP contribution >= 0.6 is 0 Å². The van der Waals surface area contributed by atoms with Gasteiger partial charge in [0.05, 0.1) is 5.69 Å². The molecular weight excluding hydrogens is 247 g/mol. The molecule has 5 heteroatoms. The number of nitrogens with one attached hydrogen (secondary N) is 1. The maximum atomic E-state index is 13.5. The van der Waals surface area contributed by atoms with Gasteiger partial charge in [-0.15, -0.1) is 0 Å². The molecule has 2 N–H and O–H groups in total. The topological polar surface area (TPSA) is 52.6 Å². The SMILES string of the molecule is CN1CCCC(CNc2cccc(F)c2C(=O)O)C1. The van der Waals surface area contributed by atoms with E-state index < -0.39 is 11.8 Å². The third-order valence-electron chi connectivity index (χ3n) is 3.53. The molecule has 1 saturated heterocycles. The van der Waals surface area contributed by atoms with Crippen LogP contribution in [0.3, 0.4) is 0 Å². The van der Waals surface area contributed by atoms with Gasteiger partial charge in [0.25, 0.3) is 0 Å². The Bertz CT molecular complexity index is 465. The van der Waals surface area contributed by atoms with E-state index in [9.17, 15) is 9.18 Å². The number of nitrogens with zero attached hydrogens (tertiary/aromatic N) is 1. The van der Waals surface area contributed by atoms with Crippen molar-refractivity contribution in [2.75, 3.05) is 32.0 Å². The van der Waals surface area contributed by atoms with Gasteiger partial charge in [0, 0.05) is 13.1 Å². The average molecular weight is 266 g/mol. The molecular formula is C14H19FN2O2. The van der Waals surface area contributed by atoms with Crippen molar-refractivity contribution in [3.63, 3.8) is 0 Å². The summed E-state index contributed by atoms with van der Waals surface area (Å²) in [4.78, 5) is 13.3. The summed E-state index contributed by atoms with van der Waals surface area (Å²) in [5.74, 6) is -1.46. The smallest absolute Gasteiger partial charge is 0.340 e. The van der Waals surface area contributed by atoms with Crippen molar-refractivity contribution >= 4 is 11.7 Å². The van der Waals surface area contributed by atoms with Crippen LogP contribution in [0.5, 0.6) is 0 Å². The lowest BCUT2D eigenvalue weighted by Gasteiger charge is -2.30. The number of carboxylic acid groups (broad SMARTS) is 1. The summed E-state index contributed by atoms with van der Waals surface area (Å²) in [5.41, 5.74) is 0.0902. The van der Waals surface area contributed by atoms with Crippen molar-refractivity contribution in [1.29, 1.82) is 0 Å². The lowest BCUT2D eigenvalue weighted by molar-refractivity contribution is 0.0693. The number of aromatic carboxylic acids is 1. The first-order chi connectivity index (χ1) is 9.08. The Morgan fingerprint density at radius 3 is 3.05 bits per heavy atom. The Morgan fingerprint density at radius 1 is 1.58 bits per heavy atom. The Balaban J connectivity index is 2.03. The molecule has 0 saturated carbocycles. The Morgan fingerprint density at radius 2 is 2.37 bits per heavy atom. The van der Waals surface area contributed by atoms with Gasteiger partial charge in [0.2, 0.25) is 0 Å². The minimum Gasteiger partial charge on any atom is -0.478 e. The van der Waals surface area contributed by atoms with Crippen LogP contribution in [-0.4, -0.2) is 42.7 Å². The Hall–Kier alpha value is -1.62. The van der Waals surface area contributed by atoms with Crippen molar-refractivity contribution in [2.45, 2.75) is 12.8 Å². The fourth-order valence-electron chi connectivity index (χ4n) is 2.58. The molecule has 0 radical (unpaired) electrons. The van der Waals surface area contributed by atoms with E-state index in [0.29, 0.717) is 18.2 Å². The number of rotatable bonds is 4. The second-order valence-electron chi connectivity index (χ2n) is 5.12. The maximum absolute atomic E-state index is 13.5. The first-order valence-electron chi connectivity index (χ1n) is 6.52. The molecule has 1 atom stereocenters. The fraction of sp³-hybridized carbons (Fsp3) is 0.500. The highest BCUT2D eigenvalue weighted by atomic mass is 19.1. The number of likely N-dealkylation sites (tertiary alicyclic amines) is 1. The highest BCUT2D eigenvalue weighted by Crippen LogP contribution is 2.21. The van der Waals surface area contributed by atoms with Crippen molar-refractivity contribution in [3.05, 3.63) is 29.6 Å². The molecule has 1 heterocycles. The first-order valence-corrected chi connectivity index (χ1v) is 6.52. The van der Waals surface area contributed by atoms with Gasteiger partial charge in [0.1, 0.15) is 11.4 Å². The molecule has 1 unspecified atom stereocenters. The van der Waals surface area contributed by atoms with E-state index in [4.69, 9.17) is 5.11 Å². The average Bonchev–Trinajstić information content (AvgIpc) is 2.36. The lowest BCUT2D eigenvalue weighted by Crippen LogP contribution is -2.35. The number of piperidine rings is 1. The minimum absolute atomic E-state index is 0.272. The van der Waals surface area contributed by atoms with Crippen molar-refractivity contribution < 1.29 is 14.3 Å². The van der Waals surface area contributed by atoms with E-state index >= 15 is 0 Å². The standard InChI is InChI=1S/C14H19FN2O2/c1-17-7-3-4-10(9-17)8-16-12-6-2-5-11(15)13(12)14(18)19/h2,5-6,10,16H,3-4,7-9H2,1H3,(H,18,19). The predicted molar refractivity (Wildman–Crippen MR) is 72.1 cm³/mol. The third-order valence-corrected chi connectivity index (χ3v) is 3.53. The fourth-order valence-corrected chi connectivity index (χ4v) is 2.58. The van der Waals surface area contributed by atoms with Crippen LogP contribution in [0.4, 0.5) is 10.1 Å². The molecule has 104 valence electrons. The van der Waals surface area contributed by atoms with Gasteiger partial charge in [-0.1, -0.05) is 6.07 Å². The number of hydrogen-bond donors (Lipinski definition) is 2. The number of carbonyl (C=O) groups is 1. The summed E-state index contributed by atoms with van der Waals surface area (Å²) in [6, 6.07) is 4.30. The Labute approximate surface area is 112 Å². The Kier molecular flexibility index (Phi) is 4.37. The van der Waals surface area contributed by atoms with Gasteiger partial charge in [-0.25, -0.2) is 9.18 Å². The van der Waals surface area contributed by atoms with Gasteiger partial charge in [-0.2, -0.15) is 0 Å². The van der Waals surface area contributed by atoms with E-state index in [-0.39, 0.29) is 5.56 Å². The van der Waals surface area contributed by atoms with Crippen LogP contribution in [0.15, 0.2) is 18.2 Å². The molecule has 1 aliphatic rings. The van der Waals surface area contributed by atoms with E-state index in [1.165, 1.54) is 12.1 Å². The summed E-state index contributed by atoms with van der Waals surface area (Å²) in [6.45, 7) is 2.77. The summed E-state index contributed by atoms with van der Waals surface area (Å²) in [6.07, 6.45) is 2.27. The largest absolute Gasteiger partial charge is 0.478 e. The quantitative estimate of drug-likeness (QED) is 0.878. The molecule has 1 aromatic carbocycles. The molecule has 0 bridgehead atoms. The monoisotopic (exact) mass is 266 g/mol. The number of benzene rings is 1. The molecule has 0 aliphatic carbocycles. The van der Waals surface area contributed by atoms with Gasteiger partial charge in [0.15, 0.2) is 0 Å². The van der Waals surface area contributed by atoms with Gasteiger partial charge < -0.3 is 15.3 Å². The zero-order valence-corrected chi connectivity index (χ0v) is 11.0. The van der Waals surface area contributed by atoms with Crippen molar-refractivity contribution in [1.82, 2.24) is 4.90 Å². The van der Waals surface area contributed by atoms with E-state index in [1.54, 1.807) is 6.07 Å². The van der Waals surface area contributed by atoms with Crippen molar-refractivity contribution in [3.8, 4) is 0 Å². The minimum atomic E-state index is -1.23. The molecule has 19 heavy (non-hydrogen) atoms. The molecule has 2 rings (SSSR count). The number of carboxylic acids is 1. The van der Waals surface area contributed by atoms with E-state index in [0.717, 1.165) is 25.9 Å². The molecule has 4 nitrogen and oxygen atoms in total. The molecule has 0 spiro atoms. The van der Waals surface area contributed by atoms with Gasteiger partial charge >= 0.3 is 5.97 Å². The van der Waals surface area contributed by atoms with Crippen LogP contribution < -0.4 is 5.32 Å². The number of anilines is 1. The maximum Gasteiger partial charge on any atom is 0.340 e. The molecule has 0 aromatic heterocycles. The van der Waals surface area contributed by atoms with Gasteiger partial charge in [-0.05, 0) is 44.5 Å². The lowest BCUT2D eigenvalue weighted by atomic mass is 9.98. The number of halogens is 1. The second kappa shape index (κ2) is 6.02. The van der Waals surface area contributed by atoms with E-state index in [2.05, 4.69) is 17.3 Å². The normalized spacial score (nSPS) is 20.2. The third kappa shape index (κ3) is 3.44. The van der Waals surface area contributed by atoms with Crippen LogP contribution in [0.1, 0.15) is 23.2 Å². The second-order valence-corrected chi connectivity index (χ2v) is 5.12. The first kappa shape index (κ1) is 13.8. The molecule has 0 amide bonds. The summed E-state index contributed by atoms with van der Waals surface area (Å²) < 4.78 is 13.5. The molecule has 1 aromatic rings. The van der Waals surface area contributed by atoms with Crippen LogP contribution in [-0.2, 0) is 0 Å². The zero-order valence-electron chi connectivity index (χ0n) is 11.0. The van der Waals surface area contributed by atoms with Crippen molar-refractivity contribution in [2.24, 2.45) is 5.92 Å².